The topological polar surface area (TPSA) is 129 Å². The SMILES string of the molecule is Cc1ccc(NC(=O)c2ccc(CS(=O)[O-])c(OCC3CC3)c2)cc1Nc1nccc(-c2cccnc2)n1. The van der Waals surface area contributed by atoms with Crippen molar-refractivity contribution in [3.8, 4) is 17.0 Å². The van der Waals surface area contributed by atoms with E-state index in [1.165, 1.54) is 0 Å². The Hall–Kier alpha value is -4.15. The lowest BCUT2D eigenvalue weighted by Crippen LogP contribution is -2.13. The second kappa shape index (κ2) is 11.5. The standard InChI is InChI=1S/C28H27N5O4S/c1-18-4-9-23(14-25(18)33-28-30-12-10-24(32-28)21-3-2-11-29-15-21)31-27(34)20-7-8-22(17-38(35)36)26(13-20)37-16-19-5-6-19/h2-4,7-15,19H,5-6,16-17H2,1H3,(H,31,34)(H,35,36)(H,30,32,33)/p-1. The highest BCUT2D eigenvalue weighted by Crippen LogP contribution is 2.31. The van der Waals surface area contributed by atoms with Gasteiger partial charge < -0.3 is 19.9 Å². The Bertz CT molecular complexity index is 1480. The van der Waals surface area contributed by atoms with E-state index < -0.39 is 11.1 Å². The predicted octanol–water partition coefficient (Wildman–Crippen LogP) is 5.01. The van der Waals surface area contributed by atoms with Gasteiger partial charge in [-0.25, -0.2) is 9.97 Å². The van der Waals surface area contributed by atoms with Crippen LogP contribution < -0.4 is 15.4 Å². The first-order valence-electron chi connectivity index (χ1n) is 12.2. The summed E-state index contributed by atoms with van der Waals surface area (Å²) in [7, 11) is 0. The van der Waals surface area contributed by atoms with Gasteiger partial charge in [0, 0.05) is 52.4 Å². The van der Waals surface area contributed by atoms with Crippen LogP contribution in [-0.4, -0.2) is 36.2 Å². The number of hydrogen-bond acceptors (Lipinski definition) is 8. The zero-order chi connectivity index (χ0) is 26.5. The Labute approximate surface area is 223 Å². The molecule has 1 aliphatic rings. The fraction of sp³-hybridized carbons (Fsp3) is 0.214. The lowest BCUT2D eigenvalue weighted by Gasteiger charge is -2.15. The maximum Gasteiger partial charge on any atom is 0.255 e. The summed E-state index contributed by atoms with van der Waals surface area (Å²) < 4.78 is 28.4. The maximum absolute atomic E-state index is 13.1. The van der Waals surface area contributed by atoms with Crippen LogP contribution in [0.3, 0.4) is 0 Å². The van der Waals surface area contributed by atoms with Crippen LogP contribution in [0, 0.1) is 12.8 Å². The van der Waals surface area contributed by atoms with Gasteiger partial charge in [0.1, 0.15) is 5.75 Å². The van der Waals surface area contributed by atoms with E-state index in [9.17, 15) is 13.6 Å². The summed E-state index contributed by atoms with van der Waals surface area (Å²) in [5.41, 5.74) is 4.80. The van der Waals surface area contributed by atoms with Crippen molar-refractivity contribution in [3.63, 3.8) is 0 Å². The monoisotopic (exact) mass is 528 g/mol. The van der Waals surface area contributed by atoms with E-state index in [0.29, 0.717) is 41.0 Å². The number of nitrogens with one attached hydrogen (secondary N) is 2. The molecule has 1 amide bonds. The molecule has 2 N–H and O–H groups in total. The summed E-state index contributed by atoms with van der Waals surface area (Å²) >= 11 is -2.26. The lowest BCUT2D eigenvalue weighted by atomic mass is 10.1. The summed E-state index contributed by atoms with van der Waals surface area (Å²) in [5, 5.41) is 6.14. The summed E-state index contributed by atoms with van der Waals surface area (Å²) in [6.07, 6.45) is 7.32. The molecule has 2 aromatic carbocycles. The third-order valence-corrected chi connectivity index (χ3v) is 6.68. The van der Waals surface area contributed by atoms with E-state index in [4.69, 9.17) is 4.74 Å². The van der Waals surface area contributed by atoms with Gasteiger partial charge in [0.25, 0.3) is 5.91 Å². The molecule has 4 aromatic rings. The molecule has 0 saturated heterocycles. The van der Waals surface area contributed by atoms with Gasteiger partial charge in [-0.15, -0.1) is 0 Å². The molecule has 0 bridgehead atoms. The van der Waals surface area contributed by atoms with Crippen LogP contribution >= 0.6 is 0 Å². The quantitative estimate of drug-likeness (QED) is 0.275. The number of benzene rings is 2. The minimum absolute atomic E-state index is 0.168. The molecule has 2 aromatic heterocycles. The molecule has 194 valence electrons. The minimum atomic E-state index is -2.26. The smallest absolute Gasteiger partial charge is 0.255 e. The number of pyridine rings is 1. The van der Waals surface area contributed by atoms with E-state index in [2.05, 4.69) is 25.6 Å². The molecule has 0 radical (unpaired) electrons. The van der Waals surface area contributed by atoms with Gasteiger partial charge in [0.15, 0.2) is 0 Å². The van der Waals surface area contributed by atoms with Crippen molar-refractivity contribution in [3.05, 3.63) is 89.9 Å². The third-order valence-electron chi connectivity index (χ3n) is 6.13. The number of hydrogen-bond donors (Lipinski definition) is 2. The predicted molar refractivity (Wildman–Crippen MR) is 145 cm³/mol. The first-order valence-corrected chi connectivity index (χ1v) is 13.4. The van der Waals surface area contributed by atoms with Crippen LogP contribution in [0.25, 0.3) is 11.3 Å². The summed E-state index contributed by atoms with van der Waals surface area (Å²) in [4.78, 5) is 26.1. The number of ether oxygens (including phenoxy) is 1. The highest BCUT2D eigenvalue weighted by molar-refractivity contribution is 7.78. The van der Waals surface area contributed by atoms with Crippen molar-refractivity contribution in [2.24, 2.45) is 5.92 Å². The van der Waals surface area contributed by atoms with E-state index in [-0.39, 0.29) is 11.7 Å². The van der Waals surface area contributed by atoms with E-state index in [1.54, 1.807) is 36.8 Å². The summed E-state index contributed by atoms with van der Waals surface area (Å²) in [5.74, 6) is 0.831. The normalized spacial score (nSPS) is 13.5. The molecular formula is C28H26N5O4S-. The molecule has 10 heteroatoms. The second-order valence-corrected chi connectivity index (χ2v) is 10.0. The molecule has 38 heavy (non-hydrogen) atoms. The van der Waals surface area contributed by atoms with Crippen LogP contribution in [0.1, 0.15) is 34.3 Å². The van der Waals surface area contributed by atoms with Crippen molar-refractivity contribution >= 4 is 34.3 Å². The van der Waals surface area contributed by atoms with Crippen molar-refractivity contribution in [2.45, 2.75) is 25.5 Å². The van der Waals surface area contributed by atoms with Gasteiger partial charge in [-0.05, 0) is 73.7 Å². The van der Waals surface area contributed by atoms with Crippen LogP contribution in [0.2, 0.25) is 0 Å². The average Bonchev–Trinajstić information content (AvgIpc) is 3.75. The number of anilines is 3. The molecular weight excluding hydrogens is 502 g/mol. The minimum Gasteiger partial charge on any atom is -0.772 e. The number of rotatable bonds is 10. The third kappa shape index (κ3) is 6.58. The van der Waals surface area contributed by atoms with Crippen molar-refractivity contribution < 1.29 is 18.3 Å². The van der Waals surface area contributed by atoms with E-state index >= 15 is 0 Å². The maximum atomic E-state index is 13.1. The Balaban J connectivity index is 1.32. The first kappa shape index (κ1) is 25.5. The summed E-state index contributed by atoms with van der Waals surface area (Å²) in [6, 6.07) is 15.9. The zero-order valence-electron chi connectivity index (χ0n) is 20.7. The molecule has 5 rings (SSSR count). The number of aryl methyl sites for hydroxylation is 1. The molecule has 1 saturated carbocycles. The van der Waals surface area contributed by atoms with Crippen molar-refractivity contribution in [1.82, 2.24) is 15.0 Å². The fourth-order valence-electron chi connectivity index (χ4n) is 3.82. The zero-order valence-corrected chi connectivity index (χ0v) is 21.5. The van der Waals surface area contributed by atoms with Gasteiger partial charge in [-0.3, -0.25) is 14.0 Å². The Morgan fingerprint density at radius 2 is 2.00 bits per heavy atom. The molecule has 0 spiro atoms. The Kier molecular flexibility index (Phi) is 7.71. The van der Waals surface area contributed by atoms with Crippen LogP contribution in [0.5, 0.6) is 5.75 Å². The van der Waals surface area contributed by atoms with Gasteiger partial charge in [-0.2, -0.15) is 0 Å². The fourth-order valence-corrected chi connectivity index (χ4v) is 4.31. The average molecular weight is 529 g/mol. The van der Waals surface area contributed by atoms with Gasteiger partial charge in [0.05, 0.1) is 12.3 Å². The van der Waals surface area contributed by atoms with Crippen LogP contribution in [0.4, 0.5) is 17.3 Å². The van der Waals surface area contributed by atoms with Gasteiger partial charge in [0.2, 0.25) is 5.95 Å². The van der Waals surface area contributed by atoms with Crippen molar-refractivity contribution in [1.29, 1.82) is 0 Å². The highest BCUT2D eigenvalue weighted by Gasteiger charge is 2.23. The van der Waals surface area contributed by atoms with E-state index in [0.717, 1.165) is 35.3 Å². The molecule has 1 fully saturated rings. The van der Waals surface area contributed by atoms with Crippen LogP contribution in [-0.2, 0) is 16.8 Å². The summed E-state index contributed by atoms with van der Waals surface area (Å²) in [6.45, 7) is 2.46. The number of amides is 1. The number of carbonyl (C=O) groups excluding carboxylic acids is 1. The lowest BCUT2D eigenvalue weighted by molar-refractivity contribution is 0.102. The number of aromatic nitrogens is 3. The molecule has 1 unspecified atom stereocenters. The number of carbonyl (C=O) groups is 1. The van der Waals surface area contributed by atoms with Gasteiger partial charge >= 0.3 is 0 Å². The molecule has 0 aliphatic heterocycles. The van der Waals surface area contributed by atoms with E-state index in [1.807, 2.05) is 43.3 Å². The van der Waals surface area contributed by atoms with Crippen LogP contribution in [0.15, 0.2) is 73.2 Å². The molecule has 1 aliphatic carbocycles. The largest absolute Gasteiger partial charge is 0.772 e. The molecule has 2 heterocycles. The van der Waals surface area contributed by atoms with Gasteiger partial charge in [-0.1, -0.05) is 23.2 Å². The Morgan fingerprint density at radius 3 is 2.76 bits per heavy atom. The van der Waals surface area contributed by atoms with Crippen molar-refractivity contribution in [2.75, 3.05) is 17.2 Å². The number of nitrogens with zero attached hydrogens (tertiary/aromatic N) is 3. The molecule has 9 nitrogen and oxygen atoms in total. The first-order chi connectivity index (χ1) is 18.4. The highest BCUT2D eigenvalue weighted by atomic mass is 32.2. The molecule has 1 atom stereocenters. The Morgan fingerprint density at radius 1 is 1.13 bits per heavy atom. The second-order valence-electron chi connectivity index (χ2n) is 9.14.